The van der Waals surface area contributed by atoms with Crippen molar-refractivity contribution in [2.45, 2.75) is 44.6 Å². The van der Waals surface area contributed by atoms with Gasteiger partial charge in [-0.1, -0.05) is 17.7 Å². The molecule has 0 bridgehead atoms. The summed E-state index contributed by atoms with van der Waals surface area (Å²) in [4.78, 5) is 14.6. The van der Waals surface area contributed by atoms with E-state index in [9.17, 15) is 4.79 Å². The van der Waals surface area contributed by atoms with E-state index in [0.717, 1.165) is 37.3 Å². The average molecular weight is 310 g/mol. The summed E-state index contributed by atoms with van der Waals surface area (Å²) in [6.45, 7) is 3.65. The lowest BCUT2D eigenvalue weighted by Gasteiger charge is -2.33. The van der Waals surface area contributed by atoms with Crippen LogP contribution in [-0.4, -0.2) is 38.7 Å². The normalized spacial score (nSPS) is 19.1. The van der Waals surface area contributed by atoms with E-state index in [0.29, 0.717) is 12.0 Å². The number of hydrogen-bond donors (Lipinski definition) is 0. The zero-order valence-corrected chi connectivity index (χ0v) is 13.5. The molecule has 2 aromatic rings. The summed E-state index contributed by atoms with van der Waals surface area (Å²) in [5, 5.41) is 8.40. The Morgan fingerprint density at radius 3 is 2.43 bits per heavy atom. The molecule has 5 nitrogen and oxygen atoms in total. The summed E-state index contributed by atoms with van der Waals surface area (Å²) in [6.07, 6.45) is 6.31. The van der Waals surface area contributed by atoms with Crippen LogP contribution in [0.5, 0.6) is 0 Å². The first kappa shape index (κ1) is 14.4. The Kier molecular flexibility index (Phi) is 3.63. The van der Waals surface area contributed by atoms with Crippen molar-refractivity contribution in [3.63, 3.8) is 0 Å². The molecule has 1 aromatic heterocycles. The Balaban J connectivity index is 1.41. The standard InChI is InChI=1S/C18H22N4O/c1-13-2-4-15(5-3-13)18(23)21-10-8-16(9-11-21)22-12-19-20-17(22)14-6-7-14/h2-5,12,14,16H,6-11H2,1H3. The molecule has 2 heterocycles. The highest BCUT2D eigenvalue weighted by atomic mass is 16.2. The first-order valence-corrected chi connectivity index (χ1v) is 8.48. The maximum absolute atomic E-state index is 12.6. The SMILES string of the molecule is Cc1ccc(C(=O)N2CCC(n3cnnc3C3CC3)CC2)cc1. The van der Waals surface area contributed by atoms with Crippen LogP contribution in [0.4, 0.5) is 0 Å². The molecular formula is C18H22N4O. The molecule has 1 saturated carbocycles. The third kappa shape index (κ3) is 2.87. The molecule has 4 rings (SSSR count). The van der Waals surface area contributed by atoms with Crippen molar-refractivity contribution < 1.29 is 4.79 Å². The third-order valence-electron chi connectivity index (χ3n) is 4.99. The predicted octanol–water partition coefficient (Wildman–Crippen LogP) is 2.94. The highest BCUT2D eigenvalue weighted by Crippen LogP contribution is 2.40. The minimum absolute atomic E-state index is 0.148. The minimum Gasteiger partial charge on any atom is -0.338 e. The molecule has 5 heteroatoms. The molecule has 0 N–H and O–H groups in total. The lowest BCUT2D eigenvalue weighted by Crippen LogP contribution is -2.39. The summed E-state index contributed by atoms with van der Waals surface area (Å²) in [6, 6.07) is 8.28. The van der Waals surface area contributed by atoms with E-state index in [2.05, 4.69) is 14.8 Å². The Bertz CT molecular complexity index is 694. The molecule has 2 aliphatic rings. The van der Waals surface area contributed by atoms with Crippen molar-refractivity contribution in [2.75, 3.05) is 13.1 Å². The van der Waals surface area contributed by atoms with Gasteiger partial charge in [-0.15, -0.1) is 10.2 Å². The van der Waals surface area contributed by atoms with E-state index < -0.39 is 0 Å². The van der Waals surface area contributed by atoms with E-state index in [1.807, 2.05) is 42.4 Å². The molecule has 1 aromatic carbocycles. The van der Waals surface area contributed by atoms with Gasteiger partial charge in [0.2, 0.25) is 0 Å². The Morgan fingerprint density at radius 1 is 1.09 bits per heavy atom. The number of aryl methyl sites for hydroxylation is 1. The van der Waals surface area contributed by atoms with E-state index in [1.54, 1.807) is 0 Å². The van der Waals surface area contributed by atoms with Gasteiger partial charge in [0.15, 0.2) is 0 Å². The van der Waals surface area contributed by atoms with Crippen LogP contribution >= 0.6 is 0 Å². The van der Waals surface area contributed by atoms with E-state index in [1.165, 1.54) is 18.4 Å². The average Bonchev–Trinajstić information content (AvgIpc) is 3.32. The van der Waals surface area contributed by atoms with Gasteiger partial charge in [0.1, 0.15) is 12.2 Å². The molecule has 0 radical (unpaired) electrons. The van der Waals surface area contributed by atoms with Crippen molar-refractivity contribution in [1.82, 2.24) is 19.7 Å². The zero-order valence-electron chi connectivity index (χ0n) is 13.5. The minimum atomic E-state index is 0.148. The number of nitrogens with zero attached hydrogens (tertiary/aromatic N) is 4. The number of hydrogen-bond acceptors (Lipinski definition) is 3. The van der Waals surface area contributed by atoms with Gasteiger partial charge in [0, 0.05) is 30.6 Å². The molecule has 0 atom stereocenters. The molecular weight excluding hydrogens is 288 g/mol. The van der Waals surface area contributed by atoms with Crippen LogP contribution in [0.3, 0.4) is 0 Å². The van der Waals surface area contributed by atoms with Crippen LogP contribution in [0, 0.1) is 6.92 Å². The number of aromatic nitrogens is 3. The van der Waals surface area contributed by atoms with Crippen LogP contribution in [0.2, 0.25) is 0 Å². The van der Waals surface area contributed by atoms with E-state index >= 15 is 0 Å². The molecule has 0 spiro atoms. The quantitative estimate of drug-likeness (QED) is 0.876. The number of carbonyl (C=O) groups is 1. The summed E-state index contributed by atoms with van der Waals surface area (Å²) in [7, 11) is 0. The fourth-order valence-corrected chi connectivity index (χ4v) is 3.39. The van der Waals surface area contributed by atoms with Crippen LogP contribution in [0.1, 0.15) is 59.4 Å². The van der Waals surface area contributed by atoms with Crippen LogP contribution < -0.4 is 0 Å². The summed E-state index contributed by atoms with van der Waals surface area (Å²) >= 11 is 0. The number of benzene rings is 1. The fourth-order valence-electron chi connectivity index (χ4n) is 3.39. The van der Waals surface area contributed by atoms with Gasteiger partial charge in [-0.25, -0.2) is 0 Å². The maximum atomic E-state index is 12.6. The molecule has 120 valence electrons. The second-order valence-corrected chi connectivity index (χ2v) is 6.76. The van der Waals surface area contributed by atoms with Gasteiger partial charge >= 0.3 is 0 Å². The number of likely N-dealkylation sites (tertiary alicyclic amines) is 1. The van der Waals surface area contributed by atoms with Crippen molar-refractivity contribution in [1.29, 1.82) is 0 Å². The smallest absolute Gasteiger partial charge is 0.253 e. The monoisotopic (exact) mass is 310 g/mol. The second-order valence-electron chi connectivity index (χ2n) is 6.76. The molecule has 1 saturated heterocycles. The molecule has 0 unspecified atom stereocenters. The van der Waals surface area contributed by atoms with Gasteiger partial charge in [-0.05, 0) is 44.7 Å². The van der Waals surface area contributed by atoms with Crippen LogP contribution in [0.15, 0.2) is 30.6 Å². The van der Waals surface area contributed by atoms with Gasteiger partial charge in [0.05, 0.1) is 0 Å². The summed E-state index contributed by atoms with van der Waals surface area (Å²) in [5.41, 5.74) is 1.97. The molecule has 1 aliphatic heterocycles. The molecule has 1 aliphatic carbocycles. The van der Waals surface area contributed by atoms with Gasteiger partial charge in [0.25, 0.3) is 5.91 Å². The topological polar surface area (TPSA) is 51.0 Å². The number of piperidine rings is 1. The summed E-state index contributed by atoms with van der Waals surface area (Å²) in [5.74, 6) is 1.91. The lowest BCUT2D eigenvalue weighted by molar-refractivity contribution is 0.0693. The molecule has 1 amide bonds. The predicted molar refractivity (Wildman–Crippen MR) is 87.4 cm³/mol. The zero-order chi connectivity index (χ0) is 15.8. The first-order valence-electron chi connectivity index (χ1n) is 8.48. The van der Waals surface area contributed by atoms with Gasteiger partial charge in [-0.3, -0.25) is 4.79 Å². The Labute approximate surface area is 136 Å². The highest BCUT2D eigenvalue weighted by molar-refractivity contribution is 5.94. The van der Waals surface area contributed by atoms with E-state index in [-0.39, 0.29) is 5.91 Å². The Morgan fingerprint density at radius 2 is 1.78 bits per heavy atom. The third-order valence-corrected chi connectivity index (χ3v) is 4.99. The van der Waals surface area contributed by atoms with Crippen molar-refractivity contribution in [3.8, 4) is 0 Å². The Hall–Kier alpha value is -2.17. The van der Waals surface area contributed by atoms with Crippen molar-refractivity contribution in [2.24, 2.45) is 0 Å². The highest BCUT2D eigenvalue weighted by Gasteiger charge is 2.32. The van der Waals surface area contributed by atoms with Crippen LogP contribution in [-0.2, 0) is 0 Å². The van der Waals surface area contributed by atoms with Gasteiger partial charge < -0.3 is 9.47 Å². The van der Waals surface area contributed by atoms with Crippen molar-refractivity contribution in [3.05, 3.63) is 47.5 Å². The van der Waals surface area contributed by atoms with Crippen molar-refractivity contribution >= 4 is 5.91 Å². The van der Waals surface area contributed by atoms with E-state index in [4.69, 9.17) is 0 Å². The number of carbonyl (C=O) groups excluding carboxylic acids is 1. The number of amides is 1. The van der Waals surface area contributed by atoms with Crippen LogP contribution in [0.25, 0.3) is 0 Å². The summed E-state index contributed by atoms with van der Waals surface area (Å²) < 4.78 is 2.26. The van der Waals surface area contributed by atoms with Gasteiger partial charge in [-0.2, -0.15) is 0 Å². The second kappa shape index (κ2) is 5.80. The molecule has 23 heavy (non-hydrogen) atoms. The lowest BCUT2D eigenvalue weighted by atomic mass is 10.0. The molecule has 2 fully saturated rings. The fraction of sp³-hybridized carbons (Fsp3) is 0.500. The maximum Gasteiger partial charge on any atom is 0.253 e. The first-order chi connectivity index (χ1) is 11.2. The number of rotatable bonds is 3. The largest absolute Gasteiger partial charge is 0.338 e.